The van der Waals surface area contributed by atoms with Crippen molar-refractivity contribution >= 4 is 71.9 Å². The Hall–Kier alpha value is -2.82. The second-order valence-electron chi connectivity index (χ2n) is 10.4. The number of nitrogens with zero attached hydrogens (tertiary/aromatic N) is 8. The molecule has 0 radical (unpaired) electrons. The minimum absolute atomic E-state index is 0.131. The Morgan fingerprint density at radius 2 is 2.09 bits per heavy atom. The number of aromatic nitrogens is 9. The summed E-state index contributed by atoms with van der Waals surface area (Å²) in [6, 6.07) is 0. The number of imidazole rings is 1. The highest BCUT2D eigenvalue weighted by Gasteiger charge is 2.67. The first-order valence-corrected chi connectivity index (χ1v) is 18.0. The Kier molecular flexibility index (Phi) is 7.64. The monoisotopic (exact) mass is 706 g/mol. The van der Waals surface area contributed by atoms with Crippen LogP contribution in [0.2, 0.25) is 0 Å². The summed E-state index contributed by atoms with van der Waals surface area (Å²) in [5.41, 5.74) is 7.92. The van der Waals surface area contributed by atoms with E-state index in [1.54, 1.807) is 0 Å². The smallest absolute Gasteiger partial charge is 0.394 e. The van der Waals surface area contributed by atoms with Gasteiger partial charge in [-0.05, 0) is 16.4 Å². The summed E-state index contributed by atoms with van der Waals surface area (Å²) < 4.78 is 59.9. The number of nitrogen functional groups attached to an aromatic ring is 2. The average molecular weight is 707 g/mol. The van der Waals surface area contributed by atoms with Crippen LogP contribution in [0.3, 0.4) is 0 Å². The lowest BCUT2D eigenvalue weighted by Crippen LogP contribution is -2.45. The van der Waals surface area contributed by atoms with E-state index in [1.807, 2.05) is 0 Å². The molecular formula is C20H23FN11O9P2S2+. The summed E-state index contributed by atoms with van der Waals surface area (Å²) >= 11 is 9.36. The largest absolute Gasteiger partial charge is 0.582 e. The molecule has 7 rings (SSSR count). The lowest BCUT2D eigenvalue weighted by molar-refractivity contribution is -0.182. The van der Waals surface area contributed by atoms with Gasteiger partial charge in [0, 0.05) is 0 Å². The van der Waals surface area contributed by atoms with E-state index in [9.17, 15) is 19.4 Å². The van der Waals surface area contributed by atoms with Gasteiger partial charge in [-0.3, -0.25) is 14.3 Å². The number of alkyl halides is 1. The topological polar surface area (TPSA) is 276 Å². The van der Waals surface area contributed by atoms with Gasteiger partial charge in [0.25, 0.3) is 5.56 Å². The number of fused-ring (bicyclic) bond motifs is 4. The van der Waals surface area contributed by atoms with E-state index in [0.29, 0.717) is 11.2 Å². The van der Waals surface area contributed by atoms with Crippen molar-refractivity contribution in [1.29, 1.82) is 0 Å². The zero-order valence-electron chi connectivity index (χ0n) is 22.4. The molecule has 2 bridgehead atoms. The standard InChI is InChI=1S/C20H22FN11O9P2S2/c21-7-6(1-33)39-18(32-15-9(29-30-32)16(34)28-19(23)27-15)11(7)43(36,45)38-3-20-2-37-10(12(20)41-42(35)44)17(40-20)31-5-26-8-13(22)24-4-25-14(8)31/h4-7,10-12,17-18,33H,1-3H2,(H6-,22,23,24,25,27,28,30,34,35,36,44,45)/p+1. The summed E-state index contributed by atoms with van der Waals surface area (Å²) in [5, 5.41) is 17.4. The fourth-order valence-corrected chi connectivity index (χ4v) is 9.02. The highest BCUT2D eigenvalue weighted by atomic mass is 32.7. The number of hydrogen-bond acceptors (Lipinski definition) is 17. The number of nitrogens with one attached hydrogen (secondary N) is 1. The molecule has 0 aliphatic carbocycles. The number of aliphatic hydroxyl groups is 1. The van der Waals surface area contributed by atoms with Crippen LogP contribution in [0.5, 0.6) is 0 Å². The Balaban J connectivity index is 1.20. The van der Waals surface area contributed by atoms with Crippen LogP contribution < -0.4 is 17.0 Å². The summed E-state index contributed by atoms with van der Waals surface area (Å²) in [5.74, 6) is -0.150. The Morgan fingerprint density at radius 3 is 2.84 bits per heavy atom. The van der Waals surface area contributed by atoms with Crippen LogP contribution in [-0.4, -0.2) is 110 Å². The number of aromatic amines is 1. The number of H-pyrrole nitrogens is 1. The molecular weight excluding hydrogens is 683 g/mol. The molecule has 4 aromatic rings. The second kappa shape index (κ2) is 11.2. The molecule has 3 saturated heterocycles. The van der Waals surface area contributed by atoms with Gasteiger partial charge >= 0.3 is 7.23 Å². The van der Waals surface area contributed by atoms with Crippen molar-refractivity contribution in [3.8, 4) is 0 Å². The molecule has 20 nitrogen and oxygen atoms in total. The number of halogens is 1. The number of anilines is 2. The van der Waals surface area contributed by atoms with E-state index in [1.165, 1.54) is 17.2 Å². The van der Waals surface area contributed by atoms with Gasteiger partial charge in [-0.2, -0.15) is 9.67 Å². The van der Waals surface area contributed by atoms with Gasteiger partial charge in [0.2, 0.25) is 5.95 Å². The molecule has 0 aromatic carbocycles. The summed E-state index contributed by atoms with van der Waals surface area (Å²) in [4.78, 5) is 42.6. The molecule has 3 fully saturated rings. The predicted octanol–water partition coefficient (Wildman–Crippen LogP) is -0.928. The zero-order chi connectivity index (χ0) is 31.8. The molecule has 45 heavy (non-hydrogen) atoms. The molecule has 4 aromatic heterocycles. The predicted molar refractivity (Wildman–Crippen MR) is 156 cm³/mol. The van der Waals surface area contributed by atoms with E-state index in [0.717, 1.165) is 4.68 Å². The number of thiol groups is 1. The lowest BCUT2D eigenvalue weighted by atomic mass is 10.0. The minimum Gasteiger partial charge on any atom is -0.394 e. The third-order valence-electron chi connectivity index (χ3n) is 7.77. The Morgan fingerprint density at radius 1 is 1.29 bits per heavy atom. The lowest BCUT2D eigenvalue weighted by Gasteiger charge is -2.33. The van der Waals surface area contributed by atoms with Crippen molar-refractivity contribution < 1.29 is 42.2 Å². The van der Waals surface area contributed by atoms with Crippen LogP contribution in [0.15, 0.2) is 17.4 Å². The van der Waals surface area contributed by atoms with Gasteiger partial charge in [0.05, 0.1) is 26.1 Å². The summed E-state index contributed by atoms with van der Waals surface area (Å²) in [7, 11) is -2.48. The summed E-state index contributed by atoms with van der Waals surface area (Å²) in [6.07, 6.45) is -5.26. The molecule has 10 unspecified atom stereocenters. The van der Waals surface area contributed by atoms with Gasteiger partial charge in [0.15, 0.2) is 53.3 Å². The third-order valence-corrected chi connectivity index (χ3v) is 11.3. The molecule has 0 saturated carbocycles. The first kappa shape index (κ1) is 30.8. The molecule has 7 heterocycles. The van der Waals surface area contributed by atoms with E-state index >= 15 is 4.39 Å². The van der Waals surface area contributed by atoms with Crippen LogP contribution in [0, 0.1) is 0 Å². The maximum Gasteiger partial charge on any atom is 0.582 e. The van der Waals surface area contributed by atoms with Gasteiger partial charge in [-0.15, -0.1) is 9.62 Å². The Bertz CT molecular complexity index is 1930. The SMILES string of the molecule is Nc1nc2c(nnn2C2OC(CO)C(F)C2P(O)(=S)OCC23COC(C(n4cnc5c(N)ncnc54)O2)C3O[P+](=O)S)c(=O)[nH]1. The molecule has 25 heteroatoms. The highest BCUT2D eigenvalue weighted by molar-refractivity contribution is 8.39. The van der Waals surface area contributed by atoms with Gasteiger partial charge in [-0.25, -0.2) is 19.3 Å². The quantitative estimate of drug-likeness (QED) is 0.0906. The van der Waals surface area contributed by atoms with E-state index in [4.69, 9.17) is 46.5 Å². The number of hydrogen-bond donors (Lipinski definition) is 6. The van der Waals surface area contributed by atoms with E-state index < -0.39 is 80.7 Å². The van der Waals surface area contributed by atoms with Crippen LogP contribution in [0.1, 0.15) is 12.5 Å². The Labute approximate surface area is 260 Å². The van der Waals surface area contributed by atoms with Crippen LogP contribution in [0.4, 0.5) is 16.2 Å². The van der Waals surface area contributed by atoms with E-state index in [2.05, 4.69) is 47.5 Å². The van der Waals surface area contributed by atoms with Crippen molar-refractivity contribution in [1.82, 2.24) is 44.5 Å². The van der Waals surface area contributed by atoms with Gasteiger partial charge < -0.3 is 40.2 Å². The van der Waals surface area contributed by atoms with Crippen molar-refractivity contribution in [2.75, 3.05) is 31.3 Å². The van der Waals surface area contributed by atoms with Crippen molar-refractivity contribution in [3.05, 3.63) is 23.0 Å². The second-order valence-corrected chi connectivity index (χ2v) is 15.6. The molecule has 3 aliphatic heterocycles. The van der Waals surface area contributed by atoms with Crippen LogP contribution >= 0.6 is 26.0 Å². The van der Waals surface area contributed by atoms with Gasteiger partial charge in [-0.1, -0.05) is 5.21 Å². The first-order chi connectivity index (χ1) is 21.4. The fraction of sp³-hybridized carbons (Fsp3) is 0.550. The van der Waals surface area contributed by atoms with E-state index in [-0.39, 0.29) is 29.5 Å². The number of aliphatic hydroxyl groups excluding tert-OH is 1. The maximum atomic E-state index is 15.8. The molecule has 240 valence electrons. The maximum absolute atomic E-state index is 15.8. The number of ether oxygens (including phenoxy) is 3. The van der Waals surface area contributed by atoms with Crippen molar-refractivity contribution in [3.63, 3.8) is 0 Å². The molecule has 0 spiro atoms. The van der Waals surface area contributed by atoms with Crippen molar-refractivity contribution in [2.45, 2.75) is 48.2 Å². The summed E-state index contributed by atoms with van der Waals surface area (Å²) in [6.45, 7) is -5.74. The minimum atomic E-state index is -4.27. The van der Waals surface area contributed by atoms with Crippen molar-refractivity contribution in [2.24, 2.45) is 0 Å². The number of rotatable bonds is 9. The normalized spacial score (nSPS) is 32.9. The zero-order valence-corrected chi connectivity index (χ0v) is 25.9. The number of nitrogens with two attached hydrogens (primary N) is 2. The van der Waals surface area contributed by atoms with Crippen LogP contribution in [0.25, 0.3) is 22.3 Å². The average Bonchev–Trinajstić information content (AvgIpc) is 3.79. The molecule has 0 amide bonds. The highest BCUT2D eigenvalue weighted by Crippen LogP contribution is 2.60. The van der Waals surface area contributed by atoms with Crippen LogP contribution in [-0.2, 0) is 39.6 Å². The molecule has 10 atom stereocenters. The third kappa shape index (κ3) is 4.93. The van der Waals surface area contributed by atoms with Gasteiger partial charge in [0.1, 0.15) is 48.1 Å². The fourth-order valence-electron chi connectivity index (χ4n) is 5.74. The molecule has 3 aliphatic rings. The molecule has 7 N–H and O–H groups in total. The first-order valence-electron chi connectivity index (χ1n) is 13.0.